The first kappa shape index (κ1) is 12.0. The summed E-state index contributed by atoms with van der Waals surface area (Å²) in [7, 11) is 0. The molecule has 18 heavy (non-hydrogen) atoms. The number of halogens is 1. The summed E-state index contributed by atoms with van der Waals surface area (Å²) in [6.45, 7) is 0. The van der Waals surface area contributed by atoms with Crippen LogP contribution in [0.3, 0.4) is 0 Å². The van der Waals surface area contributed by atoms with Gasteiger partial charge in [0, 0.05) is 0 Å². The van der Waals surface area contributed by atoms with Crippen molar-refractivity contribution in [3.63, 3.8) is 0 Å². The average Bonchev–Trinajstić information content (AvgIpc) is 2.41. The number of hydrogen-bond donors (Lipinski definition) is 1. The Bertz CT molecular complexity index is 582. The minimum atomic E-state index is -0.755. The lowest BCUT2D eigenvalue weighted by atomic mass is 10.1. The van der Waals surface area contributed by atoms with E-state index in [1.54, 1.807) is 24.3 Å². The highest BCUT2D eigenvalue weighted by atomic mass is 19.1. The maximum Gasteiger partial charge on any atom is 0.206 e. The van der Waals surface area contributed by atoms with Crippen molar-refractivity contribution in [1.82, 2.24) is 0 Å². The molecular weight excluding hydrogens is 233 g/mol. The predicted octanol–water partition coefficient (Wildman–Crippen LogP) is 3.45. The standard InChI is InChI=1S/C14H10FNO2/c15-14-11(12(17)9-16)7-4-8-13(14)18-10-5-2-1-3-6-10/h1-9,16H. The minimum absolute atomic E-state index is 0.0334. The van der Waals surface area contributed by atoms with E-state index in [2.05, 4.69) is 0 Å². The van der Waals surface area contributed by atoms with Crippen molar-refractivity contribution in [2.24, 2.45) is 0 Å². The maximum absolute atomic E-state index is 13.9. The third kappa shape index (κ3) is 2.43. The lowest BCUT2D eigenvalue weighted by Crippen LogP contribution is -2.04. The number of carbonyl (C=O) groups is 1. The van der Waals surface area contributed by atoms with E-state index in [1.165, 1.54) is 18.2 Å². The number of hydrogen-bond acceptors (Lipinski definition) is 3. The van der Waals surface area contributed by atoms with Crippen LogP contribution in [0.5, 0.6) is 11.5 Å². The number of benzene rings is 2. The second-order valence-electron chi connectivity index (χ2n) is 3.54. The molecule has 3 nitrogen and oxygen atoms in total. The summed E-state index contributed by atoms with van der Waals surface area (Å²) in [5.74, 6) is -0.995. The Kier molecular flexibility index (Phi) is 3.48. The Labute approximate surface area is 103 Å². The molecule has 0 bridgehead atoms. The number of nitrogens with one attached hydrogen (secondary N) is 1. The van der Waals surface area contributed by atoms with Gasteiger partial charge in [0.05, 0.1) is 11.8 Å². The number of Topliss-reactive ketones (excluding diaryl/α,β-unsaturated/α-hetero) is 1. The van der Waals surface area contributed by atoms with Crippen LogP contribution in [0.15, 0.2) is 48.5 Å². The van der Waals surface area contributed by atoms with Crippen LogP contribution < -0.4 is 4.74 Å². The van der Waals surface area contributed by atoms with Gasteiger partial charge in [-0.2, -0.15) is 0 Å². The van der Waals surface area contributed by atoms with Crippen molar-refractivity contribution in [2.75, 3.05) is 0 Å². The third-order valence-corrected chi connectivity index (χ3v) is 2.33. The van der Waals surface area contributed by atoms with Gasteiger partial charge in [-0.1, -0.05) is 24.3 Å². The van der Waals surface area contributed by atoms with Crippen LogP contribution in [-0.4, -0.2) is 12.0 Å². The molecule has 1 N–H and O–H groups in total. The lowest BCUT2D eigenvalue weighted by molar-refractivity contribution is 0.106. The number of rotatable bonds is 4. The maximum atomic E-state index is 13.9. The van der Waals surface area contributed by atoms with Crippen LogP contribution in [0.25, 0.3) is 0 Å². The van der Waals surface area contributed by atoms with E-state index < -0.39 is 11.6 Å². The highest BCUT2D eigenvalue weighted by Gasteiger charge is 2.14. The van der Waals surface area contributed by atoms with Crippen molar-refractivity contribution in [3.05, 3.63) is 59.9 Å². The van der Waals surface area contributed by atoms with E-state index in [1.807, 2.05) is 6.07 Å². The fraction of sp³-hybridized carbons (Fsp3) is 0. The predicted molar refractivity (Wildman–Crippen MR) is 66.0 cm³/mol. The molecule has 0 heterocycles. The molecule has 0 saturated heterocycles. The van der Waals surface area contributed by atoms with Gasteiger partial charge in [0.1, 0.15) is 5.75 Å². The first-order valence-electron chi connectivity index (χ1n) is 5.28. The summed E-state index contributed by atoms with van der Waals surface area (Å²) in [5.41, 5.74) is -0.168. The molecule has 0 aliphatic heterocycles. The van der Waals surface area contributed by atoms with Gasteiger partial charge in [-0.15, -0.1) is 0 Å². The molecule has 0 spiro atoms. The topological polar surface area (TPSA) is 50.2 Å². The van der Waals surface area contributed by atoms with Crippen LogP contribution in [0.4, 0.5) is 4.39 Å². The lowest BCUT2D eigenvalue weighted by Gasteiger charge is -2.08. The molecule has 2 rings (SSSR count). The van der Waals surface area contributed by atoms with Crippen LogP contribution >= 0.6 is 0 Å². The number of para-hydroxylation sites is 1. The Hall–Kier alpha value is -2.49. The smallest absolute Gasteiger partial charge is 0.206 e. The molecule has 0 fully saturated rings. The molecule has 0 radical (unpaired) electrons. The van der Waals surface area contributed by atoms with Crippen molar-refractivity contribution in [2.45, 2.75) is 0 Å². The summed E-state index contributed by atoms with van der Waals surface area (Å²) in [6.07, 6.45) is 0.574. The quantitative estimate of drug-likeness (QED) is 0.660. The van der Waals surface area contributed by atoms with E-state index in [0.717, 1.165) is 0 Å². The molecule has 0 unspecified atom stereocenters. The number of ether oxygens (including phenoxy) is 1. The Balaban J connectivity index is 2.35. The average molecular weight is 243 g/mol. The van der Waals surface area contributed by atoms with Crippen molar-refractivity contribution in [1.29, 1.82) is 5.41 Å². The zero-order valence-corrected chi connectivity index (χ0v) is 9.39. The summed E-state index contributed by atoms with van der Waals surface area (Å²) in [6, 6.07) is 13.0. The first-order chi connectivity index (χ1) is 8.72. The van der Waals surface area contributed by atoms with Gasteiger partial charge in [-0.25, -0.2) is 4.39 Å². The molecule has 0 amide bonds. The monoisotopic (exact) mass is 243 g/mol. The van der Waals surface area contributed by atoms with Crippen LogP contribution in [0, 0.1) is 11.2 Å². The zero-order chi connectivity index (χ0) is 13.0. The molecule has 0 atom stereocenters. The van der Waals surface area contributed by atoms with Gasteiger partial charge >= 0.3 is 0 Å². The van der Waals surface area contributed by atoms with Crippen LogP contribution in [0.2, 0.25) is 0 Å². The molecular formula is C14H10FNO2. The van der Waals surface area contributed by atoms with E-state index >= 15 is 0 Å². The second-order valence-corrected chi connectivity index (χ2v) is 3.54. The molecule has 0 aromatic heterocycles. The van der Waals surface area contributed by atoms with Crippen molar-refractivity contribution in [3.8, 4) is 11.5 Å². The van der Waals surface area contributed by atoms with Crippen LogP contribution in [-0.2, 0) is 0 Å². The van der Waals surface area contributed by atoms with Gasteiger partial charge in [-0.3, -0.25) is 4.79 Å². The number of ketones is 1. The second kappa shape index (κ2) is 5.23. The van der Waals surface area contributed by atoms with Gasteiger partial charge in [-0.05, 0) is 24.3 Å². The third-order valence-electron chi connectivity index (χ3n) is 2.33. The van der Waals surface area contributed by atoms with Crippen molar-refractivity contribution >= 4 is 12.0 Å². The summed E-state index contributed by atoms with van der Waals surface area (Å²) in [5, 5.41) is 6.85. The number of carbonyl (C=O) groups excluding carboxylic acids is 1. The van der Waals surface area contributed by atoms with Crippen molar-refractivity contribution < 1.29 is 13.9 Å². The van der Waals surface area contributed by atoms with E-state index in [-0.39, 0.29) is 11.3 Å². The van der Waals surface area contributed by atoms with Crippen LogP contribution in [0.1, 0.15) is 10.4 Å². The minimum Gasteiger partial charge on any atom is -0.454 e. The van der Waals surface area contributed by atoms with E-state index in [9.17, 15) is 9.18 Å². The normalized spacial score (nSPS) is 9.83. The molecule has 2 aromatic carbocycles. The summed E-state index contributed by atoms with van der Waals surface area (Å²) >= 11 is 0. The SMILES string of the molecule is N=CC(=O)c1cccc(Oc2ccccc2)c1F. The molecule has 0 aliphatic rings. The Morgan fingerprint density at radius 2 is 1.83 bits per heavy atom. The van der Waals surface area contributed by atoms with Gasteiger partial charge < -0.3 is 10.1 Å². The summed E-state index contributed by atoms with van der Waals surface area (Å²) < 4.78 is 19.3. The van der Waals surface area contributed by atoms with Gasteiger partial charge in [0.15, 0.2) is 11.6 Å². The highest BCUT2D eigenvalue weighted by molar-refractivity contribution is 6.34. The molecule has 0 saturated carbocycles. The van der Waals surface area contributed by atoms with E-state index in [4.69, 9.17) is 10.1 Å². The molecule has 90 valence electrons. The Morgan fingerprint density at radius 3 is 2.50 bits per heavy atom. The van der Waals surface area contributed by atoms with E-state index in [0.29, 0.717) is 12.0 Å². The van der Waals surface area contributed by atoms with Gasteiger partial charge in [0.25, 0.3) is 0 Å². The Morgan fingerprint density at radius 1 is 1.11 bits per heavy atom. The zero-order valence-electron chi connectivity index (χ0n) is 9.39. The van der Waals surface area contributed by atoms with Gasteiger partial charge in [0.2, 0.25) is 5.78 Å². The molecule has 4 heteroatoms. The highest BCUT2D eigenvalue weighted by Crippen LogP contribution is 2.26. The largest absolute Gasteiger partial charge is 0.454 e. The first-order valence-corrected chi connectivity index (χ1v) is 5.28. The molecule has 0 aliphatic carbocycles. The molecule has 2 aromatic rings. The fourth-order valence-electron chi connectivity index (χ4n) is 1.47. The fourth-order valence-corrected chi connectivity index (χ4v) is 1.47. The summed E-state index contributed by atoms with van der Waals surface area (Å²) in [4.78, 5) is 11.3.